The van der Waals surface area contributed by atoms with Crippen molar-refractivity contribution in [2.75, 3.05) is 19.6 Å². The van der Waals surface area contributed by atoms with Gasteiger partial charge in [0, 0.05) is 42.2 Å². The molecule has 1 atom stereocenters. The van der Waals surface area contributed by atoms with Crippen LogP contribution in [0.2, 0.25) is 10.0 Å². The van der Waals surface area contributed by atoms with E-state index in [-0.39, 0.29) is 52.7 Å². The van der Waals surface area contributed by atoms with E-state index >= 15 is 0 Å². The molecule has 242 valence electrons. The Morgan fingerprint density at radius 3 is 2.49 bits per heavy atom. The highest BCUT2D eigenvalue weighted by molar-refractivity contribution is 7.13. The van der Waals surface area contributed by atoms with Crippen molar-refractivity contribution in [3.8, 4) is 17.0 Å². The molecular weight excluding hydrogens is 641 g/mol. The van der Waals surface area contributed by atoms with Crippen LogP contribution in [0.25, 0.3) is 11.3 Å². The highest BCUT2D eigenvalue weighted by atomic mass is 35.5. The van der Waals surface area contributed by atoms with Crippen molar-refractivity contribution < 1.29 is 24.2 Å². The van der Waals surface area contributed by atoms with Crippen molar-refractivity contribution in [3.05, 3.63) is 55.8 Å². The van der Waals surface area contributed by atoms with Gasteiger partial charge in [-0.1, -0.05) is 37.0 Å². The maximum absolute atomic E-state index is 12.9. The number of carbonyl (C=O) groups is 3. The first-order chi connectivity index (χ1) is 21.3. The third-order valence-electron chi connectivity index (χ3n) is 7.46. The number of thiophene rings is 1. The molecule has 0 spiro atoms. The molecule has 3 aromatic rings. The molecule has 0 aliphatic carbocycles. The number of carbonyl (C=O) groups excluding carboxylic acids is 2. The minimum Gasteiger partial charge on any atom is -0.486 e. The van der Waals surface area contributed by atoms with Crippen molar-refractivity contribution in [1.29, 1.82) is 0 Å². The number of aliphatic imine (C=N–C) groups is 1. The fourth-order valence-corrected chi connectivity index (χ4v) is 6.45. The molecule has 4 rings (SSSR count). The molecule has 1 fully saturated rings. The van der Waals surface area contributed by atoms with Crippen LogP contribution in [-0.2, 0) is 23.2 Å². The van der Waals surface area contributed by atoms with Gasteiger partial charge in [-0.15, -0.1) is 11.3 Å². The van der Waals surface area contributed by atoms with E-state index in [1.165, 1.54) is 6.07 Å². The molecule has 1 aliphatic rings. The van der Waals surface area contributed by atoms with Crippen LogP contribution in [-0.4, -0.2) is 69.2 Å². The maximum Gasteiger partial charge on any atom is 0.345 e. The minimum atomic E-state index is -0.983. The molecule has 0 saturated carbocycles. The predicted octanol–water partition coefficient (Wildman–Crippen LogP) is 4.24. The lowest BCUT2D eigenvalue weighted by atomic mass is 9.92. The monoisotopic (exact) mass is 677 g/mol. The molecule has 3 heterocycles. The molecule has 2 aromatic heterocycles. The Morgan fingerprint density at radius 2 is 1.87 bits per heavy atom. The number of likely N-dealkylation sites (tertiary alicyclic amines) is 1. The number of nitrogens with one attached hydrogen (secondary N) is 1. The van der Waals surface area contributed by atoms with Gasteiger partial charge >= 0.3 is 5.97 Å². The van der Waals surface area contributed by atoms with E-state index in [2.05, 4.69) is 15.4 Å². The Labute approximate surface area is 275 Å². The number of carboxylic acid groups (broad SMARTS) is 1. The zero-order chi connectivity index (χ0) is 32.8. The van der Waals surface area contributed by atoms with Crippen LogP contribution in [0.5, 0.6) is 5.75 Å². The summed E-state index contributed by atoms with van der Waals surface area (Å²) in [5, 5.41) is 17.0. The lowest BCUT2D eigenvalue weighted by molar-refractivity contribution is -0.134. The summed E-state index contributed by atoms with van der Waals surface area (Å²) in [7, 11) is 1.87. The fourth-order valence-electron chi connectivity index (χ4n) is 5.22. The zero-order valence-corrected chi connectivity index (χ0v) is 27.6. The van der Waals surface area contributed by atoms with Crippen LogP contribution in [0.1, 0.15) is 59.3 Å². The molecule has 2 amide bonds. The molecule has 12 nitrogen and oxygen atoms in total. The van der Waals surface area contributed by atoms with Crippen LogP contribution in [0.3, 0.4) is 0 Å². The summed E-state index contributed by atoms with van der Waals surface area (Å²) in [6.07, 6.45) is 1.93. The largest absolute Gasteiger partial charge is 0.486 e. The van der Waals surface area contributed by atoms with Gasteiger partial charge in [0.2, 0.25) is 11.8 Å². The summed E-state index contributed by atoms with van der Waals surface area (Å²) in [6.45, 7) is 5.05. The number of aryl methyl sites for hydroxylation is 1. The molecule has 1 aliphatic heterocycles. The molecule has 0 radical (unpaired) electrons. The first-order valence-corrected chi connectivity index (χ1v) is 16.0. The Kier molecular flexibility index (Phi) is 11.3. The number of carboxylic acids is 1. The Hall–Kier alpha value is -3.81. The second-order valence-electron chi connectivity index (χ2n) is 11.2. The van der Waals surface area contributed by atoms with Crippen LogP contribution >= 0.6 is 34.5 Å². The number of piperidine rings is 1. The first-order valence-electron chi connectivity index (χ1n) is 14.4. The average molecular weight is 679 g/mol. The Balaban J connectivity index is 1.34. The van der Waals surface area contributed by atoms with Gasteiger partial charge in [0.1, 0.15) is 28.3 Å². The summed E-state index contributed by atoms with van der Waals surface area (Å²) in [5.74, 6) is -0.933. The number of nitrogens with zero attached hydrogens (tertiary/aromatic N) is 4. The van der Waals surface area contributed by atoms with Gasteiger partial charge in [0.05, 0.1) is 17.3 Å². The molecule has 1 aromatic carbocycles. The van der Waals surface area contributed by atoms with E-state index in [0.717, 1.165) is 34.7 Å². The number of benzene rings is 1. The number of ether oxygens (including phenoxy) is 1. The SMILES string of the molecule is CC(C)C[C@@H](N=C(N)N)C(=O)NCC(=O)N1CCC(c2cc(-c3ccc(OCc4ccc(C(=O)O)s4)c(Cl)c3Cl)nn2C)CC1. The van der Waals surface area contributed by atoms with E-state index in [9.17, 15) is 14.4 Å². The Morgan fingerprint density at radius 1 is 1.16 bits per heavy atom. The lowest BCUT2D eigenvalue weighted by Gasteiger charge is -2.32. The second kappa shape index (κ2) is 15.0. The number of guanidine groups is 1. The van der Waals surface area contributed by atoms with Crippen LogP contribution in [0, 0.1) is 5.92 Å². The minimum absolute atomic E-state index is 0.121. The van der Waals surface area contributed by atoms with Crippen LogP contribution in [0.4, 0.5) is 0 Å². The van der Waals surface area contributed by atoms with E-state index in [1.54, 1.807) is 23.1 Å². The van der Waals surface area contributed by atoms with Gasteiger partial charge in [-0.25, -0.2) is 9.79 Å². The summed E-state index contributed by atoms with van der Waals surface area (Å²) in [4.78, 5) is 43.4. The number of aromatic carboxylic acids is 1. The smallest absolute Gasteiger partial charge is 0.345 e. The summed E-state index contributed by atoms with van der Waals surface area (Å²) in [5.41, 5.74) is 13.3. The molecule has 45 heavy (non-hydrogen) atoms. The van der Waals surface area contributed by atoms with Gasteiger partial charge in [-0.2, -0.15) is 5.10 Å². The number of halogens is 2. The highest BCUT2D eigenvalue weighted by Gasteiger charge is 2.28. The van der Waals surface area contributed by atoms with E-state index in [4.69, 9.17) is 44.5 Å². The number of aromatic nitrogens is 2. The number of amides is 2. The van der Waals surface area contributed by atoms with Gasteiger partial charge in [-0.3, -0.25) is 14.3 Å². The van der Waals surface area contributed by atoms with Gasteiger partial charge < -0.3 is 31.5 Å². The normalized spacial score (nSPS) is 14.3. The summed E-state index contributed by atoms with van der Waals surface area (Å²) < 4.78 is 7.64. The van der Waals surface area contributed by atoms with Crippen LogP contribution in [0.15, 0.2) is 35.3 Å². The van der Waals surface area contributed by atoms with Crippen molar-refractivity contribution >= 4 is 58.3 Å². The van der Waals surface area contributed by atoms with E-state index in [0.29, 0.717) is 41.5 Å². The standard InChI is InChI=1S/C30H37Cl2N7O5S/c1-16(2)12-21(36-30(33)34)28(41)35-14-25(40)39-10-8-17(9-11-39)22-13-20(37-38(22)3)19-5-6-23(27(32)26(19)31)44-15-18-4-7-24(45-18)29(42)43/h4-7,13,16-17,21H,8-12,14-15H2,1-3H3,(H,35,41)(H,42,43)(H4,33,34,36)/t21-/m1/s1. The fraction of sp³-hybridized carbons (Fsp3) is 0.433. The topological polar surface area (TPSA) is 178 Å². The highest BCUT2D eigenvalue weighted by Crippen LogP contribution is 2.40. The van der Waals surface area contributed by atoms with Gasteiger partial charge in [0.25, 0.3) is 0 Å². The van der Waals surface area contributed by atoms with Gasteiger partial charge in [0.15, 0.2) is 5.96 Å². The third kappa shape index (κ3) is 8.68. The molecule has 6 N–H and O–H groups in total. The van der Waals surface area contributed by atoms with Crippen molar-refractivity contribution in [1.82, 2.24) is 20.0 Å². The quantitative estimate of drug-likeness (QED) is 0.162. The van der Waals surface area contributed by atoms with Crippen LogP contribution < -0.4 is 21.5 Å². The summed E-state index contributed by atoms with van der Waals surface area (Å²) >= 11 is 14.3. The van der Waals surface area contributed by atoms with Crippen molar-refractivity contribution in [2.45, 2.75) is 51.7 Å². The van der Waals surface area contributed by atoms with Crippen molar-refractivity contribution in [2.24, 2.45) is 29.4 Å². The molecule has 15 heteroatoms. The molecule has 0 bridgehead atoms. The maximum atomic E-state index is 12.9. The Bertz CT molecular complexity index is 1580. The number of nitrogens with two attached hydrogens (primary N) is 2. The molecular formula is C30H37Cl2N7O5S. The second-order valence-corrected chi connectivity index (χ2v) is 13.2. The number of hydrogen-bond acceptors (Lipinski definition) is 7. The zero-order valence-electron chi connectivity index (χ0n) is 25.3. The predicted molar refractivity (Wildman–Crippen MR) is 175 cm³/mol. The first kappa shape index (κ1) is 34.1. The number of hydrogen-bond donors (Lipinski definition) is 4. The van der Waals surface area contributed by atoms with Gasteiger partial charge in [-0.05, 0) is 55.5 Å². The molecule has 0 unspecified atom stereocenters. The third-order valence-corrected chi connectivity index (χ3v) is 9.37. The van der Waals surface area contributed by atoms with E-state index < -0.39 is 12.0 Å². The summed E-state index contributed by atoms with van der Waals surface area (Å²) in [6, 6.07) is 7.99. The average Bonchev–Trinajstić information content (AvgIpc) is 3.63. The molecule has 1 saturated heterocycles. The lowest BCUT2D eigenvalue weighted by Crippen LogP contribution is -2.46. The van der Waals surface area contributed by atoms with Crippen molar-refractivity contribution in [3.63, 3.8) is 0 Å². The number of rotatable bonds is 12. The van der Waals surface area contributed by atoms with E-state index in [1.807, 2.05) is 31.6 Å².